The van der Waals surface area contributed by atoms with E-state index in [1.54, 1.807) is 11.7 Å². The van der Waals surface area contributed by atoms with Crippen LogP contribution >= 0.6 is 0 Å². The fourth-order valence-corrected chi connectivity index (χ4v) is 2.08. The van der Waals surface area contributed by atoms with Gasteiger partial charge in [-0.1, -0.05) is 23.4 Å². The fraction of sp³-hybridized carbons (Fsp3) is 0.308. The van der Waals surface area contributed by atoms with Gasteiger partial charge in [-0.3, -0.25) is 9.48 Å². The summed E-state index contributed by atoms with van der Waals surface area (Å²) in [6.45, 7) is 2.34. The molecular weight excluding hydrogens is 258 g/mol. The molecule has 106 valence electrons. The number of nitrogens with zero attached hydrogens (tertiary/aromatic N) is 4. The Labute approximate surface area is 116 Å². The maximum atomic E-state index is 12.5. The molecule has 0 spiro atoms. The number of benzene rings is 1. The molecule has 20 heavy (non-hydrogen) atoms. The summed E-state index contributed by atoms with van der Waals surface area (Å²) < 4.78 is 1.67. The number of amidine groups is 1. The Balaban J connectivity index is 2.40. The first-order valence-corrected chi connectivity index (χ1v) is 6.25. The number of hydrogen-bond acceptors (Lipinski definition) is 4. The molecule has 1 heterocycles. The number of para-hydroxylation sites is 1. The smallest absolute Gasteiger partial charge is 0.275 e. The average Bonchev–Trinajstić information content (AvgIpc) is 2.81. The summed E-state index contributed by atoms with van der Waals surface area (Å²) in [5.74, 6) is -0.253. The first-order chi connectivity index (χ1) is 9.58. The second-order valence-corrected chi connectivity index (χ2v) is 4.40. The highest BCUT2D eigenvalue weighted by molar-refractivity contribution is 6.05. The van der Waals surface area contributed by atoms with Crippen LogP contribution in [0.1, 0.15) is 17.4 Å². The van der Waals surface area contributed by atoms with Crippen molar-refractivity contribution in [2.75, 3.05) is 13.1 Å². The van der Waals surface area contributed by atoms with Gasteiger partial charge in [0.1, 0.15) is 0 Å². The van der Waals surface area contributed by atoms with Crippen molar-refractivity contribution in [3.05, 3.63) is 30.0 Å². The summed E-state index contributed by atoms with van der Waals surface area (Å²) in [4.78, 5) is 14.0. The quantitative estimate of drug-likeness (QED) is 0.373. The lowest BCUT2D eigenvalue weighted by Crippen LogP contribution is -2.38. The number of aromatic nitrogens is 2. The van der Waals surface area contributed by atoms with Gasteiger partial charge in [0.2, 0.25) is 0 Å². The van der Waals surface area contributed by atoms with Gasteiger partial charge < -0.3 is 15.8 Å². The Bertz CT molecular complexity index is 662. The van der Waals surface area contributed by atoms with Crippen LogP contribution in [0.2, 0.25) is 0 Å². The number of carbonyl (C=O) groups is 1. The molecule has 0 radical (unpaired) electrons. The van der Waals surface area contributed by atoms with E-state index in [1.165, 1.54) is 4.90 Å². The van der Waals surface area contributed by atoms with Crippen LogP contribution in [-0.4, -0.2) is 44.7 Å². The van der Waals surface area contributed by atoms with E-state index in [0.717, 1.165) is 10.9 Å². The average molecular weight is 275 g/mol. The van der Waals surface area contributed by atoms with Crippen molar-refractivity contribution >= 4 is 22.6 Å². The van der Waals surface area contributed by atoms with Crippen LogP contribution in [0.25, 0.3) is 10.9 Å². The maximum absolute atomic E-state index is 12.5. The van der Waals surface area contributed by atoms with E-state index in [2.05, 4.69) is 10.3 Å². The number of hydrogen-bond donors (Lipinski definition) is 2. The minimum Gasteiger partial charge on any atom is -0.409 e. The Morgan fingerprint density at radius 2 is 2.20 bits per heavy atom. The van der Waals surface area contributed by atoms with Gasteiger partial charge in [0, 0.05) is 19.0 Å². The molecule has 0 unspecified atom stereocenters. The van der Waals surface area contributed by atoms with E-state index in [4.69, 9.17) is 10.9 Å². The van der Waals surface area contributed by atoms with Gasteiger partial charge in [-0.15, -0.1) is 0 Å². The molecule has 0 saturated heterocycles. The van der Waals surface area contributed by atoms with Gasteiger partial charge in [-0.2, -0.15) is 5.10 Å². The van der Waals surface area contributed by atoms with Crippen LogP contribution in [0.3, 0.4) is 0 Å². The Hall–Kier alpha value is -2.57. The summed E-state index contributed by atoms with van der Waals surface area (Å²) in [6, 6.07) is 7.51. The van der Waals surface area contributed by atoms with E-state index < -0.39 is 0 Å². The molecule has 3 N–H and O–H groups in total. The molecule has 0 fully saturated rings. The largest absolute Gasteiger partial charge is 0.409 e. The van der Waals surface area contributed by atoms with Crippen LogP contribution in [0.15, 0.2) is 29.4 Å². The Kier molecular flexibility index (Phi) is 3.88. The maximum Gasteiger partial charge on any atom is 0.275 e. The molecule has 0 bridgehead atoms. The molecule has 1 aromatic heterocycles. The number of aryl methyl sites for hydroxylation is 1. The lowest BCUT2D eigenvalue weighted by atomic mass is 10.2. The number of oxime groups is 1. The van der Waals surface area contributed by atoms with Crippen LogP contribution in [0.5, 0.6) is 0 Å². The fourth-order valence-electron chi connectivity index (χ4n) is 2.08. The van der Waals surface area contributed by atoms with Crippen LogP contribution in [0, 0.1) is 0 Å². The zero-order chi connectivity index (χ0) is 14.7. The summed E-state index contributed by atoms with van der Waals surface area (Å²) >= 11 is 0. The molecular formula is C13H17N5O2. The summed E-state index contributed by atoms with van der Waals surface area (Å²) in [5, 5.41) is 16.6. The molecule has 0 saturated carbocycles. The van der Waals surface area contributed by atoms with Crippen LogP contribution < -0.4 is 5.73 Å². The van der Waals surface area contributed by atoms with Gasteiger partial charge >= 0.3 is 0 Å². The van der Waals surface area contributed by atoms with E-state index in [0.29, 0.717) is 12.2 Å². The minimum absolute atomic E-state index is 0.0135. The standard InChI is InChI=1S/C13H17N5O2/c1-3-18(8-11(14)16-20)13(19)12-9-6-4-5-7-10(9)17(2)15-12/h4-7,20H,3,8H2,1-2H3,(H2,14,16). The van der Waals surface area contributed by atoms with E-state index in [-0.39, 0.29) is 18.3 Å². The molecule has 0 atom stereocenters. The third-order valence-electron chi connectivity index (χ3n) is 3.11. The molecule has 2 rings (SSSR count). The van der Waals surface area contributed by atoms with Gasteiger partial charge in [-0.05, 0) is 13.0 Å². The highest BCUT2D eigenvalue weighted by Gasteiger charge is 2.21. The van der Waals surface area contributed by atoms with E-state index in [9.17, 15) is 4.79 Å². The SMILES string of the molecule is CCN(C/C(N)=N/O)C(=O)c1nn(C)c2ccccc12. The Morgan fingerprint density at radius 3 is 2.85 bits per heavy atom. The monoisotopic (exact) mass is 275 g/mol. The lowest BCUT2D eigenvalue weighted by molar-refractivity contribution is 0.0781. The van der Waals surface area contributed by atoms with Crippen molar-refractivity contribution in [3.8, 4) is 0 Å². The first-order valence-electron chi connectivity index (χ1n) is 6.25. The van der Waals surface area contributed by atoms with Crippen molar-refractivity contribution in [3.63, 3.8) is 0 Å². The third-order valence-corrected chi connectivity index (χ3v) is 3.11. The number of rotatable bonds is 4. The van der Waals surface area contributed by atoms with Crippen molar-refractivity contribution < 1.29 is 10.0 Å². The molecule has 7 heteroatoms. The summed E-state index contributed by atoms with van der Waals surface area (Å²) in [7, 11) is 1.79. The molecule has 7 nitrogen and oxygen atoms in total. The number of likely N-dealkylation sites (N-methyl/N-ethyl adjacent to an activating group) is 1. The normalized spacial score (nSPS) is 11.8. The topological polar surface area (TPSA) is 96.7 Å². The molecule has 1 aromatic carbocycles. The van der Waals surface area contributed by atoms with Crippen molar-refractivity contribution in [2.45, 2.75) is 6.92 Å². The first kappa shape index (κ1) is 13.9. The summed E-state index contributed by atoms with van der Waals surface area (Å²) in [5.41, 5.74) is 6.72. The number of carbonyl (C=O) groups excluding carboxylic acids is 1. The van der Waals surface area contributed by atoms with Crippen LogP contribution in [0.4, 0.5) is 0 Å². The van der Waals surface area contributed by atoms with Crippen LogP contribution in [-0.2, 0) is 7.05 Å². The highest BCUT2D eigenvalue weighted by atomic mass is 16.4. The second-order valence-electron chi connectivity index (χ2n) is 4.40. The van der Waals surface area contributed by atoms with Crippen molar-refractivity contribution in [1.82, 2.24) is 14.7 Å². The molecule has 1 amide bonds. The summed E-state index contributed by atoms with van der Waals surface area (Å²) in [6.07, 6.45) is 0. The van der Waals surface area contributed by atoms with Gasteiger partial charge in [0.25, 0.3) is 5.91 Å². The van der Waals surface area contributed by atoms with Crippen molar-refractivity contribution in [1.29, 1.82) is 0 Å². The second kappa shape index (κ2) is 5.60. The van der Waals surface area contributed by atoms with Gasteiger partial charge in [-0.25, -0.2) is 0 Å². The minimum atomic E-state index is -0.240. The third kappa shape index (κ3) is 2.42. The number of nitrogens with two attached hydrogens (primary N) is 1. The van der Waals surface area contributed by atoms with Gasteiger partial charge in [0.15, 0.2) is 11.5 Å². The zero-order valence-electron chi connectivity index (χ0n) is 11.4. The number of fused-ring (bicyclic) bond motifs is 1. The molecule has 0 aliphatic carbocycles. The predicted octanol–water partition coefficient (Wildman–Crippen LogP) is 0.782. The van der Waals surface area contributed by atoms with Crippen molar-refractivity contribution in [2.24, 2.45) is 17.9 Å². The molecule has 0 aliphatic heterocycles. The highest BCUT2D eigenvalue weighted by Crippen LogP contribution is 2.18. The van der Waals surface area contributed by atoms with E-state index in [1.807, 2.05) is 31.2 Å². The van der Waals surface area contributed by atoms with Gasteiger partial charge in [0.05, 0.1) is 12.1 Å². The molecule has 2 aromatic rings. The number of amides is 1. The predicted molar refractivity (Wildman–Crippen MR) is 75.7 cm³/mol. The lowest BCUT2D eigenvalue weighted by Gasteiger charge is -2.18. The van der Waals surface area contributed by atoms with E-state index >= 15 is 0 Å². The molecule has 0 aliphatic rings. The zero-order valence-corrected chi connectivity index (χ0v) is 11.4. The Morgan fingerprint density at radius 1 is 1.50 bits per heavy atom.